The number of hydrogen-bond donors (Lipinski definition) is 2. The van der Waals surface area contributed by atoms with Crippen molar-refractivity contribution < 1.29 is 14.0 Å². The average Bonchev–Trinajstić information content (AvgIpc) is 3.00. The van der Waals surface area contributed by atoms with E-state index in [0.29, 0.717) is 17.7 Å². The Labute approximate surface area is 167 Å². The van der Waals surface area contributed by atoms with Crippen LogP contribution < -0.4 is 10.6 Å². The van der Waals surface area contributed by atoms with Crippen molar-refractivity contribution in [2.45, 2.75) is 39.2 Å². The van der Waals surface area contributed by atoms with Gasteiger partial charge >= 0.3 is 0 Å². The molecule has 0 aromatic carbocycles. The van der Waals surface area contributed by atoms with Gasteiger partial charge in [-0.3, -0.25) is 9.59 Å². The molecule has 2 fully saturated rings. The van der Waals surface area contributed by atoms with Crippen molar-refractivity contribution in [3.8, 4) is 0 Å². The third kappa shape index (κ3) is 5.96. The molecule has 0 radical (unpaired) electrons. The van der Waals surface area contributed by atoms with Gasteiger partial charge in [0.15, 0.2) is 0 Å². The second-order valence-corrected chi connectivity index (χ2v) is 7.30. The van der Waals surface area contributed by atoms with Gasteiger partial charge in [0.05, 0.1) is 5.56 Å². The summed E-state index contributed by atoms with van der Waals surface area (Å²) < 4.78 is 5.44. The summed E-state index contributed by atoms with van der Waals surface area (Å²) in [4.78, 5) is 28.9. The van der Waals surface area contributed by atoms with Gasteiger partial charge in [0.1, 0.15) is 11.5 Å². The maximum absolute atomic E-state index is 12.4. The average molecular weight is 399 g/mol. The van der Waals surface area contributed by atoms with Crippen LogP contribution in [0.3, 0.4) is 0 Å². The highest BCUT2D eigenvalue weighted by Crippen LogP contribution is 2.16. The second-order valence-electron chi connectivity index (χ2n) is 7.30. The van der Waals surface area contributed by atoms with E-state index in [1.807, 2.05) is 18.7 Å². The molecule has 27 heavy (non-hydrogen) atoms. The summed E-state index contributed by atoms with van der Waals surface area (Å²) in [6.07, 6.45) is 2.43. The maximum Gasteiger partial charge on any atom is 0.255 e. The van der Waals surface area contributed by atoms with E-state index in [1.165, 1.54) is 0 Å². The Kier molecular flexibility index (Phi) is 8.13. The van der Waals surface area contributed by atoms with Crippen LogP contribution in [-0.4, -0.2) is 73.5 Å². The van der Waals surface area contributed by atoms with Gasteiger partial charge in [-0.2, -0.15) is 0 Å². The van der Waals surface area contributed by atoms with Crippen LogP contribution >= 0.6 is 12.4 Å². The van der Waals surface area contributed by atoms with E-state index in [9.17, 15) is 9.59 Å². The molecule has 0 bridgehead atoms. The predicted molar refractivity (Wildman–Crippen MR) is 106 cm³/mol. The lowest BCUT2D eigenvalue weighted by Crippen LogP contribution is -2.48. The number of nitrogens with one attached hydrogen (secondary N) is 2. The number of carbonyl (C=O) groups excluding carboxylic acids is 2. The van der Waals surface area contributed by atoms with Gasteiger partial charge in [-0.1, -0.05) is 0 Å². The Morgan fingerprint density at radius 3 is 2.44 bits per heavy atom. The minimum atomic E-state index is -0.0494. The SMILES string of the molecule is Cc1cc(C(=O)NC2CCN(CCC(=O)N3CCNCC3)CC2)c(C)o1.Cl. The molecule has 1 aromatic rings. The van der Waals surface area contributed by atoms with Crippen molar-refractivity contribution in [2.24, 2.45) is 0 Å². The van der Waals surface area contributed by atoms with Gasteiger partial charge in [0, 0.05) is 58.3 Å². The summed E-state index contributed by atoms with van der Waals surface area (Å²) in [6, 6.07) is 1.99. The Bertz CT molecular complexity index is 635. The number of rotatable bonds is 5. The van der Waals surface area contributed by atoms with Crippen molar-refractivity contribution in [3.63, 3.8) is 0 Å². The first kappa shape index (κ1) is 21.7. The lowest BCUT2D eigenvalue weighted by atomic mass is 10.0. The van der Waals surface area contributed by atoms with E-state index in [1.54, 1.807) is 6.07 Å². The Morgan fingerprint density at radius 1 is 1.19 bits per heavy atom. The van der Waals surface area contributed by atoms with Crippen LogP contribution in [0.25, 0.3) is 0 Å². The molecule has 8 heteroatoms. The van der Waals surface area contributed by atoms with Gasteiger partial charge in [0.2, 0.25) is 5.91 Å². The molecule has 1 aromatic heterocycles. The van der Waals surface area contributed by atoms with E-state index < -0.39 is 0 Å². The topological polar surface area (TPSA) is 77.8 Å². The van der Waals surface area contributed by atoms with E-state index in [-0.39, 0.29) is 30.3 Å². The van der Waals surface area contributed by atoms with Crippen LogP contribution in [0.2, 0.25) is 0 Å². The summed E-state index contributed by atoms with van der Waals surface area (Å²) in [5, 5.41) is 6.39. The summed E-state index contributed by atoms with van der Waals surface area (Å²) in [5.74, 6) is 1.64. The normalized spacial score (nSPS) is 18.8. The van der Waals surface area contributed by atoms with Crippen LogP contribution in [0.4, 0.5) is 0 Å². The highest BCUT2D eigenvalue weighted by atomic mass is 35.5. The van der Waals surface area contributed by atoms with Gasteiger partial charge in [0.25, 0.3) is 5.91 Å². The fourth-order valence-corrected chi connectivity index (χ4v) is 3.75. The molecule has 2 saturated heterocycles. The number of nitrogens with zero attached hydrogens (tertiary/aromatic N) is 2. The van der Waals surface area contributed by atoms with Crippen LogP contribution in [0.5, 0.6) is 0 Å². The molecule has 152 valence electrons. The number of aryl methyl sites for hydroxylation is 2. The van der Waals surface area contributed by atoms with Crippen molar-refractivity contribution in [3.05, 3.63) is 23.2 Å². The lowest BCUT2D eigenvalue weighted by molar-refractivity contribution is -0.132. The molecule has 3 rings (SSSR count). The van der Waals surface area contributed by atoms with Crippen molar-refractivity contribution in [2.75, 3.05) is 45.8 Å². The molecule has 2 aliphatic heterocycles. The number of hydrogen-bond acceptors (Lipinski definition) is 5. The molecule has 2 amide bonds. The molecule has 2 aliphatic rings. The van der Waals surface area contributed by atoms with Gasteiger partial charge in [-0.05, 0) is 32.8 Å². The molecular weight excluding hydrogens is 368 g/mol. The first-order valence-corrected chi connectivity index (χ1v) is 9.61. The van der Waals surface area contributed by atoms with Crippen molar-refractivity contribution in [1.29, 1.82) is 0 Å². The van der Waals surface area contributed by atoms with Crippen LogP contribution in [0.1, 0.15) is 41.1 Å². The molecule has 7 nitrogen and oxygen atoms in total. The standard InChI is InChI=1S/C19H30N4O3.ClH/c1-14-13-17(15(2)26-14)19(25)21-16-3-8-22(9-4-16)10-5-18(24)23-11-6-20-7-12-23;/h13,16,20H,3-12H2,1-2H3,(H,21,25);1H. The first-order chi connectivity index (χ1) is 12.5. The van der Waals surface area contributed by atoms with Gasteiger partial charge in [-0.15, -0.1) is 12.4 Å². The molecule has 3 heterocycles. The number of halogens is 1. The van der Waals surface area contributed by atoms with E-state index >= 15 is 0 Å². The lowest BCUT2D eigenvalue weighted by Gasteiger charge is -2.33. The van der Waals surface area contributed by atoms with Crippen LogP contribution in [0.15, 0.2) is 10.5 Å². The molecular formula is C19H31ClN4O3. The third-order valence-corrected chi connectivity index (χ3v) is 5.32. The van der Waals surface area contributed by atoms with E-state index in [4.69, 9.17) is 4.42 Å². The molecule has 0 aliphatic carbocycles. The fourth-order valence-electron chi connectivity index (χ4n) is 3.75. The second kappa shape index (κ2) is 10.1. The summed E-state index contributed by atoms with van der Waals surface area (Å²) >= 11 is 0. The number of piperidine rings is 1. The monoisotopic (exact) mass is 398 g/mol. The first-order valence-electron chi connectivity index (χ1n) is 9.61. The molecule has 0 atom stereocenters. The summed E-state index contributed by atoms with van der Waals surface area (Å²) in [5.41, 5.74) is 0.631. The zero-order valence-corrected chi connectivity index (χ0v) is 17.1. The van der Waals surface area contributed by atoms with E-state index in [2.05, 4.69) is 15.5 Å². The Hall–Kier alpha value is -1.57. The van der Waals surface area contributed by atoms with Crippen molar-refractivity contribution >= 4 is 24.2 Å². The highest BCUT2D eigenvalue weighted by Gasteiger charge is 2.24. The third-order valence-electron chi connectivity index (χ3n) is 5.32. The zero-order valence-electron chi connectivity index (χ0n) is 16.3. The minimum absolute atomic E-state index is 0. The minimum Gasteiger partial charge on any atom is -0.466 e. The number of amides is 2. The molecule has 0 unspecified atom stereocenters. The van der Waals surface area contributed by atoms with Gasteiger partial charge in [-0.25, -0.2) is 0 Å². The molecule has 2 N–H and O–H groups in total. The van der Waals surface area contributed by atoms with E-state index in [0.717, 1.165) is 64.4 Å². The van der Waals surface area contributed by atoms with Gasteiger partial charge < -0.3 is 24.9 Å². The summed E-state index contributed by atoms with van der Waals surface area (Å²) in [6.45, 7) is 9.75. The fraction of sp³-hybridized carbons (Fsp3) is 0.684. The van der Waals surface area contributed by atoms with Crippen LogP contribution in [-0.2, 0) is 4.79 Å². The predicted octanol–water partition coefficient (Wildman–Crippen LogP) is 1.33. The van der Waals surface area contributed by atoms with Crippen LogP contribution in [0, 0.1) is 13.8 Å². The molecule has 0 spiro atoms. The largest absolute Gasteiger partial charge is 0.466 e. The number of likely N-dealkylation sites (tertiary alicyclic amines) is 1. The quantitative estimate of drug-likeness (QED) is 0.782. The Balaban J connectivity index is 0.00000261. The smallest absolute Gasteiger partial charge is 0.255 e. The highest BCUT2D eigenvalue weighted by molar-refractivity contribution is 5.95. The number of carbonyl (C=O) groups is 2. The summed E-state index contributed by atoms with van der Waals surface area (Å²) in [7, 11) is 0. The maximum atomic E-state index is 12.4. The molecule has 0 saturated carbocycles. The zero-order chi connectivity index (χ0) is 18.5. The number of furan rings is 1. The Morgan fingerprint density at radius 2 is 1.85 bits per heavy atom. The number of piperazine rings is 1. The van der Waals surface area contributed by atoms with Crippen molar-refractivity contribution in [1.82, 2.24) is 20.4 Å².